The number of halogens is 1. The van der Waals surface area contributed by atoms with Gasteiger partial charge in [-0.25, -0.2) is 9.97 Å². The van der Waals surface area contributed by atoms with E-state index in [-0.39, 0.29) is 14.1 Å². The summed E-state index contributed by atoms with van der Waals surface area (Å²) < 4.78 is 14.2. The van der Waals surface area contributed by atoms with E-state index >= 15 is 0 Å². The van der Waals surface area contributed by atoms with Crippen molar-refractivity contribution in [3.8, 4) is 11.3 Å². The number of hydrogen-bond acceptors (Lipinski definition) is 2. The van der Waals surface area contributed by atoms with E-state index in [0.29, 0.717) is 12.2 Å². The maximum Gasteiger partial charge on any atom is 0.235 e. The molecule has 2 aromatic carbocycles. The molecule has 2 heterocycles. The summed E-state index contributed by atoms with van der Waals surface area (Å²) in [5, 5.41) is 0. The van der Waals surface area contributed by atoms with Gasteiger partial charge in [-0.05, 0) is 55.5 Å². The molecule has 0 radical (unpaired) electrons. The molecule has 3 nitrogen and oxygen atoms in total. The molecule has 0 atom stereocenters. The summed E-state index contributed by atoms with van der Waals surface area (Å²) in [6.07, 6.45) is 4.46. The monoisotopic (exact) mass is 349 g/mol. The molecule has 0 spiro atoms. The van der Waals surface area contributed by atoms with Crippen LogP contribution in [0.4, 0.5) is 4.39 Å². The highest BCUT2D eigenvalue weighted by molar-refractivity contribution is 5.80. The van der Waals surface area contributed by atoms with Gasteiger partial charge in [0.1, 0.15) is 0 Å². The molecule has 4 heteroatoms. The number of unbranched alkanes of at least 4 members (excludes halogenated alkanes) is 1. The van der Waals surface area contributed by atoms with E-state index in [1.54, 1.807) is 0 Å². The van der Waals surface area contributed by atoms with E-state index in [2.05, 4.69) is 54.4 Å². The molecule has 0 saturated heterocycles. The van der Waals surface area contributed by atoms with Gasteiger partial charge < -0.3 is 0 Å². The largest absolute Gasteiger partial charge is 0.284 e. The number of rotatable bonds is 5. The van der Waals surface area contributed by atoms with Gasteiger partial charge in [0.15, 0.2) is 0 Å². The highest BCUT2D eigenvalue weighted by Crippen LogP contribution is 2.22. The first-order valence-electron chi connectivity index (χ1n) is 8.65. The average Bonchev–Trinajstić information content (AvgIpc) is 2.99. The molecule has 26 heavy (non-hydrogen) atoms. The van der Waals surface area contributed by atoms with Crippen LogP contribution in [0.25, 0.3) is 28.1 Å². The van der Waals surface area contributed by atoms with Crippen molar-refractivity contribution in [2.75, 3.05) is 6.67 Å². The van der Waals surface area contributed by atoms with Crippen molar-refractivity contribution in [3.63, 3.8) is 0 Å². The predicted octanol–water partition coefficient (Wildman–Crippen LogP) is 5.79. The van der Waals surface area contributed by atoms with Gasteiger partial charge in [0.25, 0.3) is 0 Å². The molecule has 0 aliphatic rings. The van der Waals surface area contributed by atoms with Crippen LogP contribution in [-0.4, -0.2) is 21.0 Å². The first-order valence-corrected chi connectivity index (χ1v) is 8.65. The van der Waals surface area contributed by atoms with Gasteiger partial charge in [-0.1, -0.05) is 37.8 Å². The quantitative estimate of drug-likeness (QED) is 0.427. The molecule has 0 N–H and O–H groups in total. The normalized spacial score (nSPS) is 11.0. The van der Waals surface area contributed by atoms with Gasteiger partial charge in [-0.2, -0.15) is 0 Å². The van der Waals surface area contributed by atoms with Crippen LogP contribution < -0.4 is 0 Å². The van der Waals surface area contributed by atoms with Crippen LogP contribution in [0.3, 0.4) is 0 Å². The van der Waals surface area contributed by atoms with Gasteiger partial charge in [0.2, 0.25) is 5.78 Å². The molecular weight excluding hydrogens is 325 g/mol. The second kappa shape index (κ2) is 7.65. The lowest BCUT2D eigenvalue weighted by Gasteiger charge is -2.04. The van der Waals surface area contributed by atoms with Crippen molar-refractivity contribution in [1.82, 2.24) is 14.4 Å². The third-order valence-electron chi connectivity index (χ3n) is 4.53. The number of fused-ring (bicyclic) bond motifs is 3. The lowest BCUT2D eigenvalue weighted by molar-refractivity contribution is 0.462. The Balaban J connectivity index is 0.00000196. The molecule has 4 rings (SSSR count). The third kappa shape index (κ3) is 3.45. The van der Waals surface area contributed by atoms with Crippen LogP contribution in [0.5, 0.6) is 0 Å². The fourth-order valence-corrected chi connectivity index (χ4v) is 3.14. The van der Waals surface area contributed by atoms with Gasteiger partial charge in [-0.3, -0.25) is 8.79 Å². The lowest BCUT2D eigenvalue weighted by atomic mass is 10.0. The highest BCUT2D eigenvalue weighted by atomic mass is 19.1. The van der Waals surface area contributed by atoms with Crippen molar-refractivity contribution in [1.29, 1.82) is 0 Å². The summed E-state index contributed by atoms with van der Waals surface area (Å²) in [7, 11) is 0. The van der Waals surface area contributed by atoms with E-state index in [9.17, 15) is 4.39 Å². The topological polar surface area (TPSA) is 30.2 Å². The predicted molar refractivity (Wildman–Crippen MR) is 106 cm³/mol. The molecule has 2 aromatic heterocycles. The van der Waals surface area contributed by atoms with Gasteiger partial charge in [0, 0.05) is 11.8 Å². The summed E-state index contributed by atoms with van der Waals surface area (Å²) in [5.74, 6) is 0.713. The molecule has 0 amide bonds. The van der Waals surface area contributed by atoms with Gasteiger partial charge in [0.05, 0.1) is 23.4 Å². The molecule has 0 unspecified atom stereocenters. The number of hydrogen-bond donors (Lipinski definition) is 0. The standard InChI is InChI=1S/C21H20FN3.CH4/c1-15-5-10-20-19(14-15)24-21-23-18(11-13-25(20)21)17-8-6-16(7-9-17)4-2-3-12-22;/h5-11,13-14H,2-4,12H2,1H3;1H4. The van der Waals surface area contributed by atoms with Crippen LogP contribution in [0.15, 0.2) is 54.7 Å². The average molecular weight is 349 g/mol. The van der Waals surface area contributed by atoms with E-state index < -0.39 is 0 Å². The fourth-order valence-electron chi connectivity index (χ4n) is 3.14. The summed E-state index contributed by atoms with van der Waals surface area (Å²) in [4.78, 5) is 9.37. The zero-order valence-electron chi connectivity index (χ0n) is 14.2. The number of benzene rings is 2. The molecule has 0 saturated carbocycles. The third-order valence-corrected chi connectivity index (χ3v) is 4.53. The summed E-state index contributed by atoms with van der Waals surface area (Å²) in [6.45, 7) is 1.83. The summed E-state index contributed by atoms with van der Waals surface area (Å²) in [5.41, 5.74) is 6.45. The fraction of sp³-hybridized carbons (Fsp3) is 0.273. The number of alkyl halides is 1. The first kappa shape index (κ1) is 18.1. The molecule has 0 bridgehead atoms. The van der Waals surface area contributed by atoms with Crippen LogP contribution in [0, 0.1) is 6.92 Å². The Hall–Kier alpha value is -2.75. The van der Waals surface area contributed by atoms with E-state index in [1.807, 2.05) is 16.7 Å². The Morgan fingerprint density at radius 1 is 0.962 bits per heavy atom. The maximum absolute atomic E-state index is 12.2. The van der Waals surface area contributed by atoms with Gasteiger partial charge in [-0.15, -0.1) is 0 Å². The Bertz CT molecular complexity index is 1020. The minimum atomic E-state index is -0.236. The smallest absolute Gasteiger partial charge is 0.235 e. The molecule has 4 aromatic rings. The van der Waals surface area contributed by atoms with Crippen molar-refractivity contribution in [3.05, 3.63) is 65.9 Å². The van der Waals surface area contributed by atoms with Gasteiger partial charge >= 0.3 is 0 Å². The molecule has 0 aliphatic heterocycles. The number of nitrogens with zero attached hydrogens (tertiary/aromatic N) is 3. The zero-order valence-corrected chi connectivity index (χ0v) is 14.2. The summed E-state index contributed by atoms with van der Waals surface area (Å²) >= 11 is 0. The van der Waals surface area contributed by atoms with E-state index in [0.717, 1.165) is 35.1 Å². The van der Waals surface area contributed by atoms with Crippen molar-refractivity contribution in [2.24, 2.45) is 0 Å². The minimum absolute atomic E-state index is 0. The number of imidazole rings is 1. The Labute approximate surface area is 153 Å². The van der Waals surface area contributed by atoms with Crippen LogP contribution >= 0.6 is 0 Å². The minimum Gasteiger partial charge on any atom is -0.284 e. The van der Waals surface area contributed by atoms with Crippen molar-refractivity contribution < 1.29 is 4.39 Å². The second-order valence-corrected chi connectivity index (χ2v) is 6.43. The first-order chi connectivity index (χ1) is 12.2. The Morgan fingerprint density at radius 2 is 1.77 bits per heavy atom. The van der Waals surface area contributed by atoms with Crippen LogP contribution in [-0.2, 0) is 6.42 Å². The lowest BCUT2D eigenvalue weighted by Crippen LogP contribution is -1.92. The zero-order chi connectivity index (χ0) is 17.2. The Morgan fingerprint density at radius 3 is 2.54 bits per heavy atom. The second-order valence-electron chi connectivity index (χ2n) is 6.43. The van der Waals surface area contributed by atoms with E-state index in [1.165, 1.54) is 11.1 Å². The Kier molecular flexibility index (Phi) is 5.31. The maximum atomic E-state index is 12.2. The summed E-state index contributed by atoms with van der Waals surface area (Å²) in [6, 6.07) is 16.6. The van der Waals surface area contributed by atoms with Crippen molar-refractivity contribution in [2.45, 2.75) is 33.6 Å². The SMILES string of the molecule is C.Cc1ccc2c(c1)nc1nc(-c3ccc(CCCCF)cc3)ccn12. The highest BCUT2D eigenvalue weighted by Gasteiger charge is 2.08. The van der Waals surface area contributed by atoms with Crippen molar-refractivity contribution >= 4 is 16.8 Å². The molecular formula is C22H24FN3. The van der Waals surface area contributed by atoms with E-state index in [4.69, 9.17) is 4.98 Å². The number of aromatic nitrogens is 3. The molecule has 0 fully saturated rings. The van der Waals surface area contributed by atoms with Crippen LogP contribution in [0.1, 0.15) is 31.4 Å². The molecule has 0 aliphatic carbocycles. The molecule has 134 valence electrons. The number of aryl methyl sites for hydroxylation is 2. The van der Waals surface area contributed by atoms with Crippen LogP contribution in [0.2, 0.25) is 0 Å².